The van der Waals surface area contributed by atoms with E-state index in [9.17, 15) is 10.1 Å². The number of fused-ring (bicyclic) bond motifs is 3. The van der Waals surface area contributed by atoms with Crippen molar-refractivity contribution < 1.29 is 4.92 Å². The molecule has 1 aliphatic rings. The fourth-order valence-electron chi connectivity index (χ4n) is 2.68. The van der Waals surface area contributed by atoms with Crippen molar-refractivity contribution in [3.05, 3.63) is 68.9 Å². The van der Waals surface area contributed by atoms with Crippen LogP contribution in [0.15, 0.2) is 57.9 Å². The summed E-state index contributed by atoms with van der Waals surface area (Å²) >= 11 is 5.03. The Labute approximate surface area is 144 Å². The highest BCUT2D eigenvalue weighted by molar-refractivity contribution is 9.10. The first-order valence-corrected chi connectivity index (χ1v) is 8.67. The number of halogens is 1. The summed E-state index contributed by atoms with van der Waals surface area (Å²) in [5.41, 5.74) is 1.97. The maximum Gasteiger partial charge on any atom is 0.356 e. The zero-order valence-corrected chi connectivity index (χ0v) is 14.2. The van der Waals surface area contributed by atoms with E-state index in [1.807, 2.05) is 48.5 Å². The molecule has 0 saturated heterocycles. The van der Waals surface area contributed by atoms with E-state index in [2.05, 4.69) is 20.9 Å². The number of benzene rings is 2. The third kappa shape index (κ3) is 2.36. The fourth-order valence-corrected chi connectivity index (χ4v) is 3.91. The molecular weight excluding hydrogens is 378 g/mol. The van der Waals surface area contributed by atoms with Crippen molar-refractivity contribution >= 4 is 33.5 Å². The minimum absolute atomic E-state index is 0.0232. The number of nitrogens with zero attached hydrogens (tertiary/aromatic N) is 3. The van der Waals surface area contributed by atoms with E-state index in [4.69, 9.17) is 0 Å². The van der Waals surface area contributed by atoms with Gasteiger partial charge in [0.1, 0.15) is 5.69 Å². The maximum absolute atomic E-state index is 11.7. The molecule has 0 saturated carbocycles. The maximum atomic E-state index is 11.7. The van der Waals surface area contributed by atoms with Crippen molar-refractivity contribution in [2.45, 2.75) is 10.6 Å². The lowest BCUT2D eigenvalue weighted by Gasteiger charge is -2.13. The molecule has 0 unspecified atom stereocenters. The topological polar surface area (TPSA) is 61.0 Å². The van der Waals surface area contributed by atoms with Crippen molar-refractivity contribution in [1.82, 2.24) is 9.55 Å². The molecule has 0 aliphatic carbocycles. The molecule has 0 fully saturated rings. The van der Waals surface area contributed by atoms with E-state index in [1.54, 1.807) is 16.3 Å². The molecule has 1 aliphatic heterocycles. The number of hydrogen-bond acceptors (Lipinski definition) is 4. The molecule has 2 aromatic carbocycles. The Morgan fingerprint density at radius 2 is 1.91 bits per heavy atom. The van der Waals surface area contributed by atoms with Crippen molar-refractivity contribution in [1.29, 1.82) is 0 Å². The van der Waals surface area contributed by atoms with Gasteiger partial charge in [0.05, 0.1) is 10.6 Å². The molecule has 2 heterocycles. The highest BCUT2D eigenvalue weighted by Gasteiger charge is 2.33. The fraction of sp³-hybridized carbons (Fsp3) is 0.0625. The predicted molar refractivity (Wildman–Crippen MR) is 92.9 cm³/mol. The number of para-hydroxylation sites is 1. The summed E-state index contributed by atoms with van der Waals surface area (Å²) in [6.07, 6.45) is 0. The standard InChI is InChI=1S/C16H10BrN3O2S/c17-11-7-5-10(6-8-11)15-16(20(21)22)19-12-3-1-2-4-13(12)23-9-14(19)18-15/h1-8H,9H2. The van der Waals surface area contributed by atoms with Gasteiger partial charge in [-0.1, -0.05) is 40.2 Å². The lowest BCUT2D eigenvalue weighted by molar-refractivity contribution is -0.390. The van der Waals surface area contributed by atoms with E-state index in [0.29, 0.717) is 17.3 Å². The molecule has 4 rings (SSSR count). The Morgan fingerprint density at radius 3 is 2.65 bits per heavy atom. The molecule has 3 aromatic rings. The number of imidazole rings is 1. The second-order valence-corrected chi connectivity index (χ2v) is 6.99. The first-order chi connectivity index (χ1) is 11.1. The smallest absolute Gasteiger partial charge is 0.356 e. The van der Waals surface area contributed by atoms with Gasteiger partial charge in [-0.05, 0) is 29.2 Å². The average Bonchev–Trinajstić information content (AvgIpc) is 2.95. The van der Waals surface area contributed by atoms with E-state index < -0.39 is 0 Å². The van der Waals surface area contributed by atoms with Crippen LogP contribution in [0, 0.1) is 10.1 Å². The van der Waals surface area contributed by atoms with Gasteiger partial charge < -0.3 is 10.1 Å². The molecular formula is C16H10BrN3O2S. The predicted octanol–water partition coefficient (Wildman–Crippen LogP) is 4.82. The largest absolute Gasteiger partial charge is 0.358 e. The van der Waals surface area contributed by atoms with E-state index in [0.717, 1.165) is 20.6 Å². The van der Waals surface area contributed by atoms with Gasteiger partial charge in [-0.3, -0.25) is 0 Å². The van der Waals surface area contributed by atoms with Gasteiger partial charge in [0.25, 0.3) is 0 Å². The molecule has 0 radical (unpaired) electrons. The van der Waals surface area contributed by atoms with Crippen molar-refractivity contribution in [3.8, 4) is 16.9 Å². The number of aromatic nitrogens is 2. The van der Waals surface area contributed by atoms with Crippen LogP contribution in [0.25, 0.3) is 16.9 Å². The van der Waals surface area contributed by atoms with Crippen LogP contribution in [0.3, 0.4) is 0 Å². The van der Waals surface area contributed by atoms with Gasteiger partial charge >= 0.3 is 5.82 Å². The highest BCUT2D eigenvalue weighted by Crippen LogP contribution is 2.41. The van der Waals surface area contributed by atoms with Crippen molar-refractivity contribution in [3.63, 3.8) is 0 Å². The van der Waals surface area contributed by atoms with E-state index >= 15 is 0 Å². The molecule has 0 atom stereocenters. The van der Waals surface area contributed by atoms with Crippen LogP contribution in [-0.2, 0) is 5.75 Å². The Morgan fingerprint density at radius 1 is 1.17 bits per heavy atom. The minimum atomic E-state index is -0.347. The molecule has 0 amide bonds. The van der Waals surface area contributed by atoms with E-state index in [-0.39, 0.29) is 10.7 Å². The summed E-state index contributed by atoms with van der Waals surface area (Å²) in [4.78, 5) is 17.0. The third-order valence-electron chi connectivity index (χ3n) is 3.68. The second-order valence-electron chi connectivity index (χ2n) is 5.06. The Bertz CT molecular complexity index is 922. The normalized spacial score (nSPS) is 12.6. The lowest BCUT2D eigenvalue weighted by atomic mass is 10.1. The van der Waals surface area contributed by atoms with Crippen LogP contribution in [0.4, 0.5) is 5.82 Å². The van der Waals surface area contributed by atoms with E-state index in [1.165, 1.54) is 0 Å². The molecule has 5 nitrogen and oxygen atoms in total. The monoisotopic (exact) mass is 387 g/mol. The SMILES string of the molecule is O=[N+]([O-])c1c(-c2ccc(Br)cc2)nc2n1-c1ccccc1SC2. The Balaban J connectivity index is 1.99. The summed E-state index contributed by atoms with van der Waals surface area (Å²) in [6, 6.07) is 15.1. The molecule has 0 bridgehead atoms. The van der Waals surface area contributed by atoms with Crippen LogP contribution < -0.4 is 0 Å². The van der Waals surface area contributed by atoms with Crippen LogP contribution >= 0.6 is 27.7 Å². The lowest BCUT2D eigenvalue weighted by Crippen LogP contribution is -2.09. The molecule has 0 N–H and O–H groups in total. The zero-order valence-electron chi connectivity index (χ0n) is 11.8. The first kappa shape index (κ1) is 14.5. The summed E-state index contributed by atoms with van der Waals surface area (Å²) in [5.74, 6) is 1.35. The minimum Gasteiger partial charge on any atom is -0.358 e. The average molecular weight is 388 g/mol. The molecule has 7 heteroatoms. The second kappa shape index (κ2) is 5.50. The number of rotatable bonds is 2. The van der Waals surface area contributed by atoms with Gasteiger partial charge in [0, 0.05) is 10.0 Å². The van der Waals surface area contributed by atoms with Gasteiger partial charge in [-0.25, -0.2) is 4.98 Å². The Hall–Kier alpha value is -2.12. The number of nitro groups is 1. The van der Waals surface area contributed by atoms with Crippen LogP contribution in [-0.4, -0.2) is 14.5 Å². The molecule has 1 aromatic heterocycles. The highest BCUT2D eigenvalue weighted by atomic mass is 79.9. The summed E-state index contributed by atoms with van der Waals surface area (Å²) in [5, 5.41) is 11.7. The summed E-state index contributed by atoms with van der Waals surface area (Å²) in [6.45, 7) is 0. The van der Waals surface area contributed by atoms with Gasteiger partial charge in [0.15, 0.2) is 5.69 Å². The molecule has 0 spiro atoms. The van der Waals surface area contributed by atoms with Crippen LogP contribution in [0.5, 0.6) is 0 Å². The van der Waals surface area contributed by atoms with Gasteiger partial charge in [0.2, 0.25) is 5.82 Å². The number of hydrogen-bond donors (Lipinski definition) is 0. The van der Waals surface area contributed by atoms with Gasteiger partial charge in [-0.15, -0.1) is 11.8 Å². The zero-order chi connectivity index (χ0) is 16.0. The third-order valence-corrected chi connectivity index (χ3v) is 5.26. The summed E-state index contributed by atoms with van der Waals surface area (Å²) in [7, 11) is 0. The molecule has 114 valence electrons. The van der Waals surface area contributed by atoms with Crippen molar-refractivity contribution in [2.75, 3.05) is 0 Å². The Kier molecular flexibility index (Phi) is 3.46. The van der Waals surface area contributed by atoms with Gasteiger partial charge in [-0.2, -0.15) is 4.57 Å². The number of thioether (sulfide) groups is 1. The first-order valence-electron chi connectivity index (χ1n) is 6.89. The van der Waals surface area contributed by atoms with Crippen LogP contribution in [0.1, 0.15) is 5.82 Å². The van der Waals surface area contributed by atoms with Crippen molar-refractivity contribution in [2.24, 2.45) is 0 Å². The quantitative estimate of drug-likeness (QED) is 0.467. The molecule has 23 heavy (non-hydrogen) atoms. The van der Waals surface area contributed by atoms with Crippen LogP contribution in [0.2, 0.25) is 0 Å². The summed E-state index contributed by atoms with van der Waals surface area (Å²) < 4.78 is 2.59.